The number of hydrogen-bond acceptors (Lipinski definition) is 4. The van der Waals surface area contributed by atoms with Crippen molar-refractivity contribution >= 4 is 11.4 Å². The molecule has 136 valence electrons. The number of benzene rings is 1. The van der Waals surface area contributed by atoms with Gasteiger partial charge in [-0.3, -0.25) is 0 Å². The van der Waals surface area contributed by atoms with Gasteiger partial charge in [-0.25, -0.2) is 0 Å². The molecule has 1 saturated carbocycles. The fourth-order valence-electron chi connectivity index (χ4n) is 5.48. The Balaban J connectivity index is 1.43. The minimum absolute atomic E-state index is 0.296. The fraction of sp³-hybridized carbons (Fsp3) is 0.714. The molecule has 25 heavy (non-hydrogen) atoms. The standard InChI is InChI=1S/C21H30N2O2/c1-2-4-15(5-3-1)20-17-8-11-25-21(17)18-14-16(6-7-19(18)22-20)23-9-12-24-13-10-23/h6-7,14-15,17,20-22H,1-5,8-13H2/t17-,20+,21-/m0/s1. The largest absolute Gasteiger partial charge is 0.381 e. The Morgan fingerprint density at radius 2 is 1.80 bits per heavy atom. The molecule has 4 heteroatoms. The molecule has 1 aromatic carbocycles. The molecule has 0 spiro atoms. The Kier molecular flexibility index (Phi) is 4.34. The van der Waals surface area contributed by atoms with Gasteiger partial charge >= 0.3 is 0 Å². The van der Waals surface area contributed by atoms with E-state index in [2.05, 4.69) is 28.4 Å². The third kappa shape index (κ3) is 2.93. The van der Waals surface area contributed by atoms with E-state index in [9.17, 15) is 0 Å². The lowest BCUT2D eigenvalue weighted by Crippen LogP contribution is -2.42. The molecule has 3 heterocycles. The van der Waals surface area contributed by atoms with Crippen LogP contribution in [0.5, 0.6) is 0 Å². The third-order valence-electron chi connectivity index (χ3n) is 6.80. The minimum atomic E-state index is 0.296. The van der Waals surface area contributed by atoms with Crippen LogP contribution >= 0.6 is 0 Å². The molecule has 1 aliphatic carbocycles. The van der Waals surface area contributed by atoms with Crippen LogP contribution in [0.2, 0.25) is 0 Å². The number of nitrogens with one attached hydrogen (secondary N) is 1. The Bertz CT molecular complexity index is 608. The lowest BCUT2D eigenvalue weighted by molar-refractivity contribution is 0.0732. The molecule has 1 aromatic rings. The molecule has 0 radical (unpaired) electrons. The lowest BCUT2D eigenvalue weighted by atomic mass is 9.73. The Morgan fingerprint density at radius 3 is 2.64 bits per heavy atom. The summed E-state index contributed by atoms with van der Waals surface area (Å²) in [5.74, 6) is 1.48. The predicted molar refractivity (Wildman–Crippen MR) is 100 cm³/mol. The van der Waals surface area contributed by atoms with Crippen molar-refractivity contribution in [3.8, 4) is 0 Å². The highest BCUT2D eigenvalue weighted by Crippen LogP contribution is 2.49. The zero-order chi connectivity index (χ0) is 16.6. The van der Waals surface area contributed by atoms with E-state index in [1.54, 1.807) is 0 Å². The van der Waals surface area contributed by atoms with E-state index in [0.29, 0.717) is 18.1 Å². The second kappa shape index (κ2) is 6.81. The molecule has 3 aliphatic heterocycles. The van der Waals surface area contributed by atoms with Crippen LogP contribution in [-0.4, -0.2) is 39.0 Å². The molecule has 0 unspecified atom stereocenters. The van der Waals surface area contributed by atoms with Crippen molar-refractivity contribution in [1.29, 1.82) is 0 Å². The molecule has 1 N–H and O–H groups in total. The van der Waals surface area contributed by atoms with Crippen LogP contribution in [0.25, 0.3) is 0 Å². The number of anilines is 2. The number of nitrogens with zero attached hydrogens (tertiary/aromatic N) is 1. The van der Waals surface area contributed by atoms with Gasteiger partial charge in [0.05, 0.1) is 19.3 Å². The molecular formula is C21H30N2O2. The zero-order valence-electron chi connectivity index (χ0n) is 15.1. The summed E-state index contributed by atoms with van der Waals surface area (Å²) in [5.41, 5.74) is 4.03. The van der Waals surface area contributed by atoms with Crippen LogP contribution in [0.1, 0.15) is 50.2 Å². The number of rotatable bonds is 2. The van der Waals surface area contributed by atoms with Crippen molar-refractivity contribution in [3.63, 3.8) is 0 Å². The second-order valence-electron chi connectivity index (χ2n) is 8.18. The van der Waals surface area contributed by atoms with Gasteiger partial charge in [-0.2, -0.15) is 0 Å². The number of morpholine rings is 1. The van der Waals surface area contributed by atoms with Crippen LogP contribution in [0, 0.1) is 11.8 Å². The van der Waals surface area contributed by atoms with E-state index >= 15 is 0 Å². The monoisotopic (exact) mass is 342 g/mol. The minimum Gasteiger partial charge on any atom is -0.381 e. The maximum absolute atomic E-state index is 6.26. The highest BCUT2D eigenvalue weighted by atomic mass is 16.5. The van der Waals surface area contributed by atoms with Gasteiger partial charge < -0.3 is 19.7 Å². The summed E-state index contributed by atoms with van der Waals surface area (Å²) in [4.78, 5) is 2.45. The van der Waals surface area contributed by atoms with Crippen LogP contribution in [-0.2, 0) is 9.47 Å². The highest BCUT2D eigenvalue weighted by Gasteiger charge is 2.44. The normalized spacial score (nSPS) is 32.8. The maximum Gasteiger partial charge on any atom is 0.0894 e. The zero-order valence-corrected chi connectivity index (χ0v) is 15.1. The van der Waals surface area contributed by atoms with E-state index in [4.69, 9.17) is 9.47 Å². The van der Waals surface area contributed by atoms with Crippen molar-refractivity contribution in [1.82, 2.24) is 0 Å². The van der Waals surface area contributed by atoms with Gasteiger partial charge in [0.15, 0.2) is 0 Å². The van der Waals surface area contributed by atoms with Gasteiger partial charge in [0.2, 0.25) is 0 Å². The van der Waals surface area contributed by atoms with Gasteiger partial charge in [0, 0.05) is 48.6 Å². The van der Waals surface area contributed by atoms with E-state index in [1.807, 2.05) is 0 Å². The summed E-state index contributed by atoms with van der Waals surface area (Å²) in [6.45, 7) is 4.57. The van der Waals surface area contributed by atoms with Crippen molar-refractivity contribution in [2.75, 3.05) is 43.1 Å². The summed E-state index contributed by atoms with van der Waals surface area (Å²) >= 11 is 0. The topological polar surface area (TPSA) is 33.7 Å². The van der Waals surface area contributed by atoms with Gasteiger partial charge in [-0.1, -0.05) is 19.3 Å². The van der Waals surface area contributed by atoms with Crippen molar-refractivity contribution in [2.24, 2.45) is 11.8 Å². The molecule has 4 nitrogen and oxygen atoms in total. The molecule has 0 bridgehead atoms. The molecule has 3 atom stereocenters. The van der Waals surface area contributed by atoms with Crippen LogP contribution < -0.4 is 10.2 Å². The first-order valence-electron chi connectivity index (χ1n) is 10.2. The molecule has 0 aromatic heterocycles. The number of hydrogen-bond donors (Lipinski definition) is 1. The smallest absolute Gasteiger partial charge is 0.0894 e. The SMILES string of the molecule is c1cc2c(cc1N1CCOCC1)[C@H]1OCC[C@H]1[C@@H](C1CCCCC1)N2. The summed E-state index contributed by atoms with van der Waals surface area (Å²) in [6.07, 6.45) is 8.52. The first-order chi connectivity index (χ1) is 12.4. The van der Waals surface area contributed by atoms with Gasteiger partial charge in [-0.05, 0) is 43.4 Å². The Labute approximate surface area is 150 Å². The molecule has 4 aliphatic rings. The van der Waals surface area contributed by atoms with Gasteiger partial charge in [0.25, 0.3) is 0 Å². The molecule has 5 rings (SSSR count). The van der Waals surface area contributed by atoms with Gasteiger partial charge in [0.1, 0.15) is 0 Å². The van der Waals surface area contributed by atoms with E-state index in [1.165, 1.54) is 55.5 Å². The van der Waals surface area contributed by atoms with E-state index in [0.717, 1.165) is 38.8 Å². The fourth-order valence-corrected chi connectivity index (χ4v) is 5.48. The quantitative estimate of drug-likeness (QED) is 0.881. The summed E-state index contributed by atoms with van der Waals surface area (Å²) in [5, 5.41) is 3.95. The molecular weight excluding hydrogens is 312 g/mol. The summed E-state index contributed by atoms with van der Waals surface area (Å²) < 4.78 is 11.8. The van der Waals surface area contributed by atoms with E-state index in [-0.39, 0.29) is 0 Å². The lowest BCUT2D eigenvalue weighted by Gasteiger charge is -2.42. The molecule has 0 amide bonds. The Hall–Kier alpha value is -1.26. The van der Waals surface area contributed by atoms with Crippen LogP contribution in [0.4, 0.5) is 11.4 Å². The van der Waals surface area contributed by atoms with Crippen molar-refractivity contribution in [2.45, 2.75) is 50.7 Å². The van der Waals surface area contributed by atoms with E-state index < -0.39 is 0 Å². The summed E-state index contributed by atoms with van der Waals surface area (Å²) in [6, 6.07) is 7.57. The van der Waals surface area contributed by atoms with Crippen molar-refractivity contribution in [3.05, 3.63) is 23.8 Å². The summed E-state index contributed by atoms with van der Waals surface area (Å²) in [7, 11) is 0. The molecule has 3 fully saturated rings. The average molecular weight is 342 g/mol. The first-order valence-corrected chi connectivity index (χ1v) is 10.2. The van der Waals surface area contributed by atoms with Gasteiger partial charge in [-0.15, -0.1) is 0 Å². The number of fused-ring (bicyclic) bond motifs is 3. The number of ether oxygens (including phenoxy) is 2. The Morgan fingerprint density at radius 1 is 0.960 bits per heavy atom. The van der Waals surface area contributed by atoms with Crippen LogP contribution in [0.3, 0.4) is 0 Å². The van der Waals surface area contributed by atoms with Crippen LogP contribution in [0.15, 0.2) is 18.2 Å². The second-order valence-corrected chi connectivity index (χ2v) is 8.18. The highest BCUT2D eigenvalue weighted by molar-refractivity contribution is 5.64. The predicted octanol–water partition coefficient (Wildman–Crippen LogP) is 3.98. The third-order valence-corrected chi connectivity index (χ3v) is 6.80. The molecule has 2 saturated heterocycles. The maximum atomic E-state index is 6.26. The average Bonchev–Trinajstić information content (AvgIpc) is 3.18. The first kappa shape index (κ1) is 16.0. The van der Waals surface area contributed by atoms with Crippen molar-refractivity contribution < 1.29 is 9.47 Å².